The fraction of sp³-hybridized carbons (Fsp3) is 0.0714. The van der Waals surface area contributed by atoms with E-state index in [0.29, 0.717) is 21.6 Å². The first kappa shape index (κ1) is 13.3. The molecule has 4 heteroatoms. The van der Waals surface area contributed by atoms with Gasteiger partial charge in [0.05, 0.1) is 5.02 Å². The second kappa shape index (κ2) is 6.19. The molecule has 1 N–H and O–H groups in total. The minimum atomic E-state index is 0.563. The summed E-state index contributed by atoms with van der Waals surface area (Å²) >= 11 is 17.3. The average molecular weight is 296 g/mol. The Labute approximate surface area is 122 Å². The maximum Gasteiger partial charge on any atom is 0.108 e. The Hall–Kier alpha value is -1.09. The van der Waals surface area contributed by atoms with Gasteiger partial charge in [0.2, 0.25) is 0 Å². The van der Waals surface area contributed by atoms with Crippen LogP contribution in [0.2, 0.25) is 10.0 Å². The molecule has 0 radical (unpaired) electrons. The quantitative estimate of drug-likeness (QED) is 0.839. The number of hydrogen-bond donors (Lipinski definition) is 1. The molecule has 0 bridgehead atoms. The maximum atomic E-state index is 6.09. The molecule has 0 spiro atoms. The third-order valence-electron chi connectivity index (χ3n) is 2.47. The summed E-state index contributed by atoms with van der Waals surface area (Å²) in [6, 6.07) is 15.3. The summed E-state index contributed by atoms with van der Waals surface area (Å²) in [5, 5.41) is 4.35. The highest BCUT2D eigenvalue weighted by molar-refractivity contribution is 7.80. The number of thiocarbonyl (C=S) groups is 1. The Bertz CT molecular complexity index is 555. The van der Waals surface area contributed by atoms with Crippen LogP contribution in [0, 0.1) is 0 Å². The van der Waals surface area contributed by atoms with Gasteiger partial charge in [0.15, 0.2) is 0 Å². The highest BCUT2D eigenvalue weighted by atomic mass is 35.5. The van der Waals surface area contributed by atoms with E-state index in [-0.39, 0.29) is 0 Å². The van der Waals surface area contributed by atoms with Crippen LogP contribution in [0.5, 0.6) is 0 Å². The van der Waals surface area contributed by atoms with Crippen molar-refractivity contribution in [1.82, 2.24) is 5.32 Å². The molecule has 0 unspecified atom stereocenters. The normalized spacial score (nSPS) is 10.1. The predicted molar refractivity (Wildman–Crippen MR) is 81.4 cm³/mol. The van der Waals surface area contributed by atoms with E-state index in [1.165, 1.54) is 5.56 Å². The fourth-order valence-corrected chi connectivity index (χ4v) is 2.36. The zero-order valence-electron chi connectivity index (χ0n) is 9.49. The van der Waals surface area contributed by atoms with Gasteiger partial charge in [0.1, 0.15) is 4.99 Å². The molecule has 0 aliphatic heterocycles. The molecule has 2 rings (SSSR count). The van der Waals surface area contributed by atoms with Crippen molar-refractivity contribution in [3.8, 4) is 0 Å². The second-order valence-corrected chi connectivity index (χ2v) is 5.04. The lowest BCUT2D eigenvalue weighted by Gasteiger charge is -2.09. The minimum absolute atomic E-state index is 0.563. The van der Waals surface area contributed by atoms with Gasteiger partial charge in [-0.15, -0.1) is 0 Å². The maximum absolute atomic E-state index is 6.09. The number of benzene rings is 2. The van der Waals surface area contributed by atoms with Crippen molar-refractivity contribution in [3.05, 3.63) is 69.7 Å². The lowest BCUT2D eigenvalue weighted by atomic mass is 10.2. The Morgan fingerprint density at radius 3 is 2.44 bits per heavy atom. The third kappa shape index (κ3) is 3.45. The third-order valence-corrected chi connectivity index (χ3v) is 3.38. The summed E-state index contributed by atoms with van der Waals surface area (Å²) < 4.78 is 0. The summed E-state index contributed by atoms with van der Waals surface area (Å²) in [4.78, 5) is 0.625. The lowest BCUT2D eigenvalue weighted by molar-refractivity contribution is 0.929. The van der Waals surface area contributed by atoms with Crippen molar-refractivity contribution in [2.45, 2.75) is 6.54 Å². The predicted octanol–water partition coefficient (Wildman–Crippen LogP) is 4.46. The topological polar surface area (TPSA) is 12.0 Å². The molecule has 1 nitrogen and oxygen atoms in total. The van der Waals surface area contributed by atoms with Gasteiger partial charge in [-0.25, -0.2) is 0 Å². The number of halogens is 2. The molecule has 0 aromatic heterocycles. The molecule has 0 heterocycles. The van der Waals surface area contributed by atoms with E-state index in [2.05, 4.69) is 5.32 Å². The number of nitrogens with one attached hydrogen (secondary N) is 1. The summed E-state index contributed by atoms with van der Waals surface area (Å²) in [6.45, 7) is 0.679. The zero-order chi connectivity index (χ0) is 13.0. The first-order valence-corrected chi connectivity index (χ1v) is 6.60. The highest BCUT2D eigenvalue weighted by Crippen LogP contribution is 2.21. The molecule has 18 heavy (non-hydrogen) atoms. The molecule has 0 aliphatic carbocycles. The van der Waals surface area contributed by atoms with Crippen LogP contribution in [0.3, 0.4) is 0 Å². The highest BCUT2D eigenvalue weighted by Gasteiger charge is 2.06. The van der Waals surface area contributed by atoms with E-state index in [0.717, 1.165) is 5.56 Å². The first-order valence-electron chi connectivity index (χ1n) is 5.44. The van der Waals surface area contributed by atoms with Crippen LogP contribution >= 0.6 is 35.4 Å². The monoisotopic (exact) mass is 295 g/mol. The SMILES string of the molecule is S=C(NCc1ccccc1)c1ccc(Cl)cc1Cl. The van der Waals surface area contributed by atoms with Gasteiger partial charge >= 0.3 is 0 Å². The van der Waals surface area contributed by atoms with Gasteiger partial charge in [-0.3, -0.25) is 0 Å². The van der Waals surface area contributed by atoms with Crippen molar-refractivity contribution in [2.75, 3.05) is 0 Å². The van der Waals surface area contributed by atoms with Gasteiger partial charge in [-0.1, -0.05) is 65.8 Å². The van der Waals surface area contributed by atoms with E-state index < -0.39 is 0 Å². The molecule has 0 atom stereocenters. The molecule has 2 aromatic carbocycles. The van der Waals surface area contributed by atoms with Gasteiger partial charge in [-0.05, 0) is 23.8 Å². The first-order chi connectivity index (χ1) is 8.66. The molecule has 0 fully saturated rings. The van der Waals surface area contributed by atoms with Crippen LogP contribution in [-0.4, -0.2) is 4.99 Å². The minimum Gasteiger partial charge on any atom is -0.372 e. The standard InChI is InChI=1S/C14H11Cl2NS/c15-11-6-7-12(13(16)8-11)14(18)17-9-10-4-2-1-3-5-10/h1-8H,9H2,(H,17,18). The molecule has 0 saturated heterocycles. The largest absolute Gasteiger partial charge is 0.372 e. The Kier molecular flexibility index (Phi) is 4.59. The molecule has 0 saturated carbocycles. The van der Waals surface area contributed by atoms with Crippen LogP contribution < -0.4 is 5.32 Å². The van der Waals surface area contributed by atoms with Crippen LogP contribution in [-0.2, 0) is 6.54 Å². The Balaban J connectivity index is 2.04. The molecular weight excluding hydrogens is 285 g/mol. The second-order valence-electron chi connectivity index (χ2n) is 3.79. The van der Waals surface area contributed by atoms with Gasteiger partial charge in [-0.2, -0.15) is 0 Å². The summed E-state index contributed by atoms with van der Waals surface area (Å²) in [6.07, 6.45) is 0. The van der Waals surface area contributed by atoms with Crippen molar-refractivity contribution >= 4 is 40.4 Å². The van der Waals surface area contributed by atoms with E-state index in [9.17, 15) is 0 Å². The van der Waals surface area contributed by atoms with Gasteiger partial charge in [0, 0.05) is 17.1 Å². The Morgan fingerprint density at radius 1 is 1.06 bits per heavy atom. The lowest BCUT2D eigenvalue weighted by Crippen LogP contribution is -2.21. The van der Waals surface area contributed by atoms with Crippen molar-refractivity contribution in [3.63, 3.8) is 0 Å². The zero-order valence-corrected chi connectivity index (χ0v) is 11.8. The van der Waals surface area contributed by atoms with Crippen molar-refractivity contribution in [1.29, 1.82) is 0 Å². The molecule has 92 valence electrons. The molecular formula is C14H11Cl2NS. The van der Waals surface area contributed by atoms with Crippen LogP contribution in [0.4, 0.5) is 0 Å². The number of rotatable bonds is 3. The van der Waals surface area contributed by atoms with E-state index in [1.54, 1.807) is 12.1 Å². The molecule has 2 aromatic rings. The summed E-state index contributed by atoms with van der Waals surface area (Å²) in [5.74, 6) is 0. The number of hydrogen-bond acceptors (Lipinski definition) is 1. The molecule has 0 aliphatic rings. The van der Waals surface area contributed by atoms with Crippen LogP contribution in [0.25, 0.3) is 0 Å². The van der Waals surface area contributed by atoms with E-state index >= 15 is 0 Å². The Morgan fingerprint density at radius 2 is 1.78 bits per heavy atom. The summed E-state index contributed by atoms with van der Waals surface area (Å²) in [5.41, 5.74) is 1.97. The van der Waals surface area contributed by atoms with E-state index in [4.69, 9.17) is 35.4 Å². The van der Waals surface area contributed by atoms with Gasteiger partial charge < -0.3 is 5.32 Å². The van der Waals surface area contributed by atoms with Crippen molar-refractivity contribution < 1.29 is 0 Å². The summed E-state index contributed by atoms with van der Waals surface area (Å²) in [7, 11) is 0. The fourth-order valence-electron chi connectivity index (χ4n) is 1.55. The molecule has 0 amide bonds. The van der Waals surface area contributed by atoms with Gasteiger partial charge in [0.25, 0.3) is 0 Å². The average Bonchev–Trinajstić information content (AvgIpc) is 2.37. The van der Waals surface area contributed by atoms with Crippen LogP contribution in [0.15, 0.2) is 48.5 Å². The van der Waals surface area contributed by atoms with E-state index in [1.807, 2.05) is 36.4 Å². The van der Waals surface area contributed by atoms with Crippen LogP contribution in [0.1, 0.15) is 11.1 Å². The van der Waals surface area contributed by atoms with Crippen molar-refractivity contribution in [2.24, 2.45) is 0 Å². The smallest absolute Gasteiger partial charge is 0.108 e.